The van der Waals surface area contributed by atoms with Crippen LogP contribution in [0.25, 0.3) is 6.08 Å². The maximum atomic E-state index is 4.36. The molecule has 0 unspecified atom stereocenters. The Bertz CT molecular complexity index is 346. The minimum Gasteiger partial charge on any atom is -0.350 e. The van der Waals surface area contributed by atoms with Gasteiger partial charge in [0.2, 0.25) is 0 Å². The van der Waals surface area contributed by atoms with Crippen molar-refractivity contribution >= 4 is 6.08 Å². The predicted molar refractivity (Wildman–Crippen MR) is 40.1 cm³/mol. The fraction of sp³-hybridized carbons (Fsp3) is 0.375. The van der Waals surface area contributed by atoms with Crippen molar-refractivity contribution in [1.82, 2.24) is 4.57 Å². The second-order valence-electron chi connectivity index (χ2n) is 2.57. The fourth-order valence-corrected chi connectivity index (χ4v) is 1.30. The molecule has 0 saturated heterocycles. The highest BCUT2D eigenvalue weighted by molar-refractivity contribution is 5.21. The first kappa shape index (κ1) is 5.71. The molecule has 1 aromatic heterocycles. The average molecular weight is 134 g/mol. The molecule has 2 nitrogen and oxygen atoms in total. The van der Waals surface area contributed by atoms with Gasteiger partial charge in [-0.25, -0.2) is 0 Å². The van der Waals surface area contributed by atoms with Crippen LogP contribution in [-0.4, -0.2) is 11.1 Å². The van der Waals surface area contributed by atoms with Gasteiger partial charge in [0.05, 0.1) is 10.7 Å². The van der Waals surface area contributed by atoms with Gasteiger partial charge in [0, 0.05) is 19.8 Å². The summed E-state index contributed by atoms with van der Waals surface area (Å²) in [5.41, 5.74) is 0. The molecule has 0 spiro atoms. The second kappa shape index (κ2) is 1.97. The molecule has 0 aliphatic carbocycles. The standard InChI is InChI=1S/C8H10N2/c1-10-6-4-7-8(10)3-2-5-9-7/h3-4,6H,2,5H2,1H3. The van der Waals surface area contributed by atoms with E-state index < -0.39 is 0 Å². The fourth-order valence-electron chi connectivity index (χ4n) is 1.30. The minimum absolute atomic E-state index is 0.955. The van der Waals surface area contributed by atoms with Gasteiger partial charge >= 0.3 is 0 Å². The first-order valence-electron chi connectivity index (χ1n) is 3.54. The third-order valence-electron chi connectivity index (χ3n) is 1.85. The van der Waals surface area contributed by atoms with Crippen LogP contribution < -0.4 is 10.7 Å². The van der Waals surface area contributed by atoms with E-state index in [0.29, 0.717) is 0 Å². The van der Waals surface area contributed by atoms with Crippen LogP contribution in [0.2, 0.25) is 0 Å². The van der Waals surface area contributed by atoms with Gasteiger partial charge in [-0.05, 0) is 12.5 Å². The number of hydrogen-bond acceptors (Lipinski definition) is 1. The SMILES string of the molecule is Cn1ccc2c1=CCCN=2. The molecule has 52 valence electrons. The van der Waals surface area contributed by atoms with Crippen molar-refractivity contribution in [2.45, 2.75) is 6.42 Å². The Labute approximate surface area is 59.5 Å². The van der Waals surface area contributed by atoms with Crippen molar-refractivity contribution < 1.29 is 0 Å². The lowest BCUT2D eigenvalue weighted by Crippen LogP contribution is -2.30. The van der Waals surface area contributed by atoms with Gasteiger partial charge < -0.3 is 4.57 Å². The smallest absolute Gasteiger partial charge is 0.0822 e. The summed E-state index contributed by atoms with van der Waals surface area (Å²) in [5.74, 6) is 0. The van der Waals surface area contributed by atoms with Crippen LogP contribution in [0.1, 0.15) is 6.42 Å². The molecule has 0 radical (unpaired) electrons. The topological polar surface area (TPSA) is 17.3 Å². The third-order valence-corrected chi connectivity index (χ3v) is 1.85. The summed E-state index contributed by atoms with van der Waals surface area (Å²) in [6.45, 7) is 0.955. The van der Waals surface area contributed by atoms with Gasteiger partial charge in [0.25, 0.3) is 0 Å². The van der Waals surface area contributed by atoms with Gasteiger partial charge in [-0.3, -0.25) is 4.99 Å². The molecule has 1 aliphatic rings. The Hall–Kier alpha value is -1.05. The number of aryl methyl sites for hydroxylation is 1. The maximum absolute atomic E-state index is 4.36. The van der Waals surface area contributed by atoms with Crippen LogP contribution in [0.3, 0.4) is 0 Å². The van der Waals surface area contributed by atoms with Crippen LogP contribution in [0.15, 0.2) is 17.3 Å². The van der Waals surface area contributed by atoms with Crippen LogP contribution in [0.4, 0.5) is 0 Å². The molecule has 0 fully saturated rings. The van der Waals surface area contributed by atoms with Gasteiger partial charge in [-0.2, -0.15) is 0 Å². The summed E-state index contributed by atoms with van der Waals surface area (Å²) < 4.78 is 2.11. The zero-order valence-corrected chi connectivity index (χ0v) is 6.04. The lowest BCUT2D eigenvalue weighted by atomic mass is 10.3. The monoisotopic (exact) mass is 134 g/mol. The van der Waals surface area contributed by atoms with E-state index in [1.807, 2.05) is 0 Å². The van der Waals surface area contributed by atoms with Crippen molar-refractivity contribution in [3.05, 3.63) is 23.0 Å². The minimum atomic E-state index is 0.955. The van der Waals surface area contributed by atoms with Crippen LogP contribution in [0, 0.1) is 0 Å². The highest BCUT2D eigenvalue weighted by Crippen LogP contribution is 1.85. The predicted octanol–water partition coefficient (Wildman–Crippen LogP) is -0.171. The normalized spacial score (nSPS) is 15.3. The second-order valence-corrected chi connectivity index (χ2v) is 2.57. The van der Waals surface area contributed by atoms with E-state index in [-0.39, 0.29) is 0 Å². The van der Waals surface area contributed by atoms with E-state index in [1.54, 1.807) is 0 Å². The molecule has 1 aliphatic heterocycles. The number of rotatable bonds is 0. The highest BCUT2D eigenvalue weighted by Gasteiger charge is 1.95. The summed E-state index contributed by atoms with van der Waals surface area (Å²) >= 11 is 0. The number of fused-ring (bicyclic) bond motifs is 1. The molecular weight excluding hydrogens is 124 g/mol. The van der Waals surface area contributed by atoms with E-state index in [4.69, 9.17) is 0 Å². The Balaban J connectivity index is 2.89. The summed E-state index contributed by atoms with van der Waals surface area (Å²) in [6, 6.07) is 2.06. The largest absolute Gasteiger partial charge is 0.350 e. The average Bonchev–Trinajstić information content (AvgIpc) is 2.34. The van der Waals surface area contributed by atoms with E-state index in [0.717, 1.165) is 18.3 Å². The quantitative estimate of drug-likeness (QED) is 0.468. The summed E-state index contributed by atoms with van der Waals surface area (Å²) in [6.07, 6.45) is 5.38. The summed E-state index contributed by atoms with van der Waals surface area (Å²) in [7, 11) is 2.05. The first-order valence-corrected chi connectivity index (χ1v) is 3.54. The van der Waals surface area contributed by atoms with Crippen molar-refractivity contribution in [3.8, 4) is 0 Å². The molecule has 2 heterocycles. The van der Waals surface area contributed by atoms with E-state index >= 15 is 0 Å². The highest BCUT2D eigenvalue weighted by atomic mass is 14.9. The molecule has 0 saturated carbocycles. The molecule has 0 N–H and O–H groups in total. The van der Waals surface area contributed by atoms with Gasteiger partial charge in [0.1, 0.15) is 0 Å². The van der Waals surface area contributed by atoms with E-state index in [2.05, 4.69) is 34.9 Å². The summed E-state index contributed by atoms with van der Waals surface area (Å²) in [4.78, 5) is 4.36. The van der Waals surface area contributed by atoms with Crippen LogP contribution in [0.5, 0.6) is 0 Å². The van der Waals surface area contributed by atoms with Crippen molar-refractivity contribution in [2.75, 3.05) is 6.54 Å². The van der Waals surface area contributed by atoms with E-state index in [1.165, 1.54) is 5.35 Å². The van der Waals surface area contributed by atoms with E-state index in [9.17, 15) is 0 Å². The number of hydrogen-bond donors (Lipinski definition) is 0. The Kier molecular flexibility index (Phi) is 1.13. The van der Waals surface area contributed by atoms with Gasteiger partial charge in [0.15, 0.2) is 0 Å². The van der Waals surface area contributed by atoms with Crippen LogP contribution >= 0.6 is 0 Å². The molecule has 2 heteroatoms. The number of nitrogens with zero attached hydrogens (tertiary/aromatic N) is 2. The Morgan fingerprint density at radius 2 is 2.50 bits per heavy atom. The number of aromatic nitrogens is 1. The van der Waals surface area contributed by atoms with Crippen molar-refractivity contribution in [1.29, 1.82) is 0 Å². The molecule has 2 rings (SSSR count). The lowest BCUT2D eigenvalue weighted by Gasteiger charge is -1.95. The third kappa shape index (κ3) is 0.685. The molecule has 1 aromatic rings. The molecule has 10 heavy (non-hydrogen) atoms. The zero-order chi connectivity index (χ0) is 6.97. The van der Waals surface area contributed by atoms with Crippen LogP contribution in [-0.2, 0) is 7.05 Å². The molecule has 0 aromatic carbocycles. The molecule has 0 bridgehead atoms. The zero-order valence-electron chi connectivity index (χ0n) is 6.04. The Morgan fingerprint density at radius 3 is 3.30 bits per heavy atom. The maximum Gasteiger partial charge on any atom is 0.0822 e. The Morgan fingerprint density at radius 1 is 1.60 bits per heavy atom. The van der Waals surface area contributed by atoms with Crippen molar-refractivity contribution in [2.24, 2.45) is 12.0 Å². The van der Waals surface area contributed by atoms with Gasteiger partial charge in [-0.1, -0.05) is 6.08 Å². The molecule has 0 amide bonds. The van der Waals surface area contributed by atoms with Gasteiger partial charge in [-0.15, -0.1) is 0 Å². The molecule has 0 atom stereocenters. The lowest BCUT2D eigenvalue weighted by molar-refractivity contribution is 0.853. The first-order chi connectivity index (χ1) is 4.88. The molecular formula is C8H10N2. The van der Waals surface area contributed by atoms with Crippen molar-refractivity contribution in [3.63, 3.8) is 0 Å². The summed E-state index contributed by atoms with van der Waals surface area (Å²) in [5, 5.41) is 2.42.